The minimum Gasteiger partial charge on any atom is -0.455 e. The van der Waals surface area contributed by atoms with Crippen molar-refractivity contribution in [2.24, 2.45) is 5.10 Å². The number of hydrogen-bond acceptors (Lipinski definition) is 6. The second-order valence-electron chi connectivity index (χ2n) is 6.96. The smallest absolute Gasteiger partial charge is 0.305 e. The summed E-state index contributed by atoms with van der Waals surface area (Å²) < 4.78 is 5.79. The Hall–Kier alpha value is -3.72. The van der Waals surface area contributed by atoms with Gasteiger partial charge in [0.2, 0.25) is 0 Å². The van der Waals surface area contributed by atoms with Gasteiger partial charge in [0, 0.05) is 23.1 Å². The van der Waals surface area contributed by atoms with E-state index < -0.39 is 11.8 Å². The van der Waals surface area contributed by atoms with E-state index >= 15 is 0 Å². The van der Waals surface area contributed by atoms with Gasteiger partial charge in [-0.25, -0.2) is 5.43 Å². The van der Waals surface area contributed by atoms with Crippen LogP contribution in [0.15, 0.2) is 57.4 Å². The van der Waals surface area contributed by atoms with Crippen molar-refractivity contribution in [3.05, 3.63) is 80.9 Å². The number of benzene rings is 1. The maximum atomic E-state index is 12.6. The lowest BCUT2D eigenvalue weighted by atomic mass is 9.93. The number of carbonyl (C=O) groups excluding carboxylic acids is 3. The van der Waals surface area contributed by atoms with Crippen LogP contribution in [0.4, 0.5) is 0 Å². The maximum absolute atomic E-state index is 12.6. The lowest BCUT2D eigenvalue weighted by Crippen LogP contribution is -2.41. The van der Waals surface area contributed by atoms with E-state index in [0.29, 0.717) is 40.3 Å². The van der Waals surface area contributed by atoms with Gasteiger partial charge in [-0.05, 0) is 43.3 Å². The van der Waals surface area contributed by atoms with E-state index in [1.54, 1.807) is 49.4 Å². The van der Waals surface area contributed by atoms with Gasteiger partial charge in [-0.15, -0.1) is 11.3 Å². The van der Waals surface area contributed by atoms with Crippen molar-refractivity contribution in [3.63, 3.8) is 0 Å². The number of fused-ring (bicyclic) bond motifs is 1. The average molecular weight is 436 g/mol. The molecule has 0 bridgehead atoms. The molecule has 1 aliphatic rings. The molecule has 0 atom stereocenters. The number of amides is 3. The molecular weight excluding hydrogens is 416 g/mol. The maximum Gasteiger partial charge on any atom is 0.305 e. The molecule has 158 valence electrons. The molecule has 0 radical (unpaired) electrons. The van der Waals surface area contributed by atoms with Gasteiger partial charge in [0.25, 0.3) is 11.8 Å². The molecule has 0 aliphatic heterocycles. The van der Waals surface area contributed by atoms with Crippen molar-refractivity contribution in [1.29, 1.82) is 0 Å². The lowest BCUT2D eigenvalue weighted by Gasteiger charge is -2.13. The molecule has 31 heavy (non-hydrogen) atoms. The third kappa shape index (κ3) is 4.41. The summed E-state index contributed by atoms with van der Waals surface area (Å²) in [6.45, 7) is 1.76. The summed E-state index contributed by atoms with van der Waals surface area (Å²) in [4.78, 5) is 37.5. The quantitative estimate of drug-likeness (QED) is 0.545. The van der Waals surface area contributed by atoms with Crippen LogP contribution in [-0.2, 0) is 6.42 Å². The second kappa shape index (κ2) is 8.97. The molecule has 3 N–H and O–H groups in total. The fraction of sp³-hybridized carbons (Fsp3) is 0.182. The predicted octanol–water partition coefficient (Wildman–Crippen LogP) is 3.19. The number of furan rings is 1. The van der Waals surface area contributed by atoms with Crippen LogP contribution in [0, 0.1) is 6.92 Å². The third-order valence-corrected chi connectivity index (χ3v) is 5.76. The molecule has 0 saturated heterocycles. The zero-order valence-corrected chi connectivity index (χ0v) is 17.5. The summed E-state index contributed by atoms with van der Waals surface area (Å²) in [6.07, 6.45) is 2.11. The molecule has 9 heteroatoms. The number of hydrogen-bond donors (Lipinski definition) is 3. The number of nitrogens with one attached hydrogen (secondary N) is 3. The van der Waals surface area contributed by atoms with Crippen molar-refractivity contribution in [2.75, 3.05) is 0 Å². The highest BCUT2D eigenvalue weighted by Gasteiger charge is 2.28. The molecule has 2 aromatic heterocycles. The Kier molecular flexibility index (Phi) is 5.94. The monoisotopic (exact) mass is 436 g/mol. The number of hydrazone groups is 1. The molecule has 0 saturated carbocycles. The first-order chi connectivity index (χ1) is 15.0. The molecule has 1 aliphatic carbocycles. The zero-order chi connectivity index (χ0) is 21.8. The van der Waals surface area contributed by atoms with E-state index in [0.717, 1.165) is 12.0 Å². The highest BCUT2D eigenvalue weighted by molar-refractivity contribution is 7.12. The minimum atomic E-state index is -0.557. The van der Waals surface area contributed by atoms with Crippen molar-refractivity contribution >= 4 is 34.8 Å². The number of aryl methyl sites for hydroxylation is 1. The SMILES string of the molecule is Cc1c(C(=O)NNC(=O)c2ccccc2)oc2c1/C(=N/NC(=O)c1cccs1)CCC2. The van der Waals surface area contributed by atoms with E-state index in [2.05, 4.69) is 21.4 Å². The normalized spacial score (nSPS) is 14.0. The van der Waals surface area contributed by atoms with Crippen LogP contribution >= 0.6 is 11.3 Å². The number of carbonyl (C=O) groups is 3. The Morgan fingerprint density at radius 2 is 1.74 bits per heavy atom. The lowest BCUT2D eigenvalue weighted by molar-refractivity contribution is 0.0829. The van der Waals surface area contributed by atoms with Gasteiger partial charge in [-0.3, -0.25) is 25.2 Å². The molecule has 2 heterocycles. The number of nitrogens with zero attached hydrogens (tertiary/aromatic N) is 1. The summed E-state index contributed by atoms with van der Waals surface area (Å²) in [5.41, 5.74) is 9.80. The Balaban J connectivity index is 1.48. The van der Waals surface area contributed by atoms with Crippen LogP contribution < -0.4 is 16.3 Å². The number of hydrazine groups is 1. The van der Waals surface area contributed by atoms with Gasteiger partial charge in [-0.1, -0.05) is 24.3 Å². The van der Waals surface area contributed by atoms with Crippen molar-refractivity contribution in [1.82, 2.24) is 16.3 Å². The van der Waals surface area contributed by atoms with Crippen LogP contribution in [-0.4, -0.2) is 23.4 Å². The van der Waals surface area contributed by atoms with Crippen LogP contribution in [0.25, 0.3) is 0 Å². The highest BCUT2D eigenvalue weighted by Crippen LogP contribution is 2.29. The number of thiophene rings is 1. The van der Waals surface area contributed by atoms with E-state index in [-0.39, 0.29) is 11.7 Å². The fourth-order valence-electron chi connectivity index (χ4n) is 3.41. The zero-order valence-electron chi connectivity index (χ0n) is 16.7. The van der Waals surface area contributed by atoms with Gasteiger partial charge in [-0.2, -0.15) is 5.10 Å². The summed E-state index contributed by atoms with van der Waals surface area (Å²) in [6, 6.07) is 12.1. The molecule has 1 aromatic carbocycles. The molecule has 4 rings (SSSR count). The first-order valence-corrected chi connectivity index (χ1v) is 10.6. The summed E-state index contributed by atoms with van der Waals surface area (Å²) in [5, 5.41) is 6.11. The summed E-state index contributed by atoms with van der Waals surface area (Å²) in [7, 11) is 0. The minimum absolute atomic E-state index is 0.109. The fourth-order valence-corrected chi connectivity index (χ4v) is 4.02. The van der Waals surface area contributed by atoms with Gasteiger partial charge >= 0.3 is 5.91 Å². The molecule has 8 nitrogen and oxygen atoms in total. The number of rotatable bonds is 4. The average Bonchev–Trinajstić information content (AvgIpc) is 3.45. The van der Waals surface area contributed by atoms with Gasteiger partial charge in [0.15, 0.2) is 5.76 Å². The summed E-state index contributed by atoms with van der Waals surface area (Å²) in [5.74, 6) is -0.512. The summed E-state index contributed by atoms with van der Waals surface area (Å²) >= 11 is 1.33. The molecule has 0 spiro atoms. The second-order valence-corrected chi connectivity index (χ2v) is 7.91. The van der Waals surface area contributed by atoms with E-state index in [1.807, 2.05) is 5.38 Å². The Labute approximate surface area is 182 Å². The van der Waals surface area contributed by atoms with Gasteiger partial charge < -0.3 is 4.42 Å². The van der Waals surface area contributed by atoms with Gasteiger partial charge in [0.05, 0.1) is 10.6 Å². The van der Waals surface area contributed by atoms with Crippen LogP contribution in [0.2, 0.25) is 0 Å². The Bertz CT molecular complexity index is 1150. The molecule has 0 unspecified atom stereocenters. The molecule has 0 fully saturated rings. The molecular formula is C22H20N4O4S. The Morgan fingerprint density at radius 1 is 0.968 bits per heavy atom. The Morgan fingerprint density at radius 3 is 2.48 bits per heavy atom. The molecule has 3 aromatic rings. The van der Waals surface area contributed by atoms with E-state index in [1.165, 1.54) is 11.3 Å². The first-order valence-electron chi connectivity index (χ1n) is 9.73. The van der Waals surface area contributed by atoms with Crippen LogP contribution in [0.5, 0.6) is 0 Å². The predicted molar refractivity (Wildman–Crippen MR) is 116 cm³/mol. The van der Waals surface area contributed by atoms with E-state index in [9.17, 15) is 14.4 Å². The standard InChI is InChI=1S/C22H20N4O4S/c1-13-18-15(23-25-21(28)17-11-6-12-31-17)9-5-10-16(18)30-19(13)22(29)26-24-20(27)14-7-3-2-4-8-14/h2-4,6-8,11-12H,5,9-10H2,1H3,(H,24,27)(H,25,28)(H,26,29)/b23-15+. The van der Waals surface area contributed by atoms with Crippen molar-refractivity contribution in [3.8, 4) is 0 Å². The van der Waals surface area contributed by atoms with E-state index in [4.69, 9.17) is 4.42 Å². The van der Waals surface area contributed by atoms with Crippen molar-refractivity contribution in [2.45, 2.75) is 26.2 Å². The first kappa shape index (κ1) is 20.5. The highest BCUT2D eigenvalue weighted by atomic mass is 32.1. The topological polar surface area (TPSA) is 113 Å². The van der Waals surface area contributed by atoms with Gasteiger partial charge in [0.1, 0.15) is 5.76 Å². The van der Waals surface area contributed by atoms with Crippen molar-refractivity contribution < 1.29 is 18.8 Å². The third-order valence-electron chi connectivity index (χ3n) is 4.89. The molecule has 3 amide bonds. The van der Waals surface area contributed by atoms with Crippen LogP contribution in [0.1, 0.15) is 60.3 Å². The van der Waals surface area contributed by atoms with Crippen LogP contribution in [0.3, 0.4) is 0 Å². The largest absolute Gasteiger partial charge is 0.455 e.